The second kappa shape index (κ2) is 5.76. The van der Waals surface area contributed by atoms with Crippen LogP contribution in [0.1, 0.15) is 66.2 Å². The molecule has 1 saturated carbocycles. The van der Waals surface area contributed by atoms with Gasteiger partial charge in [0.05, 0.1) is 18.3 Å². The fourth-order valence-electron chi connectivity index (χ4n) is 4.20. The van der Waals surface area contributed by atoms with Crippen molar-refractivity contribution in [3.8, 4) is 0 Å². The molecule has 0 radical (unpaired) electrons. The molecule has 0 aromatic rings. The monoisotopic (exact) mass is 282 g/mol. The summed E-state index contributed by atoms with van der Waals surface area (Å²) in [4.78, 5) is 12.1. The number of Topliss-reactive ketones (excluding diaryl/α,β-unsaturated/α-hetero) is 1. The van der Waals surface area contributed by atoms with E-state index in [-0.39, 0.29) is 17.4 Å². The first kappa shape index (κ1) is 16.0. The highest BCUT2D eigenvalue weighted by Gasteiger charge is 2.53. The topological polar surface area (TPSA) is 46.5 Å². The lowest BCUT2D eigenvalue weighted by atomic mass is 9.63. The average molecular weight is 282 g/mol. The molecule has 1 aliphatic carbocycles. The van der Waals surface area contributed by atoms with Gasteiger partial charge in [-0.25, -0.2) is 0 Å². The van der Waals surface area contributed by atoms with E-state index in [9.17, 15) is 9.90 Å². The van der Waals surface area contributed by atoms with E-state index < -0.39 is 5.60 Å². The van der Waals surface area contributed by atoms with Crippen molar-refractivity contribution in [3.63, 3.8) is 0 Å². The van der Waals surface area contributed by atoms with Gasteiger partial charge in [0, 0.05) is 17.8 Å². The van der Waals surface area contributed by atoms with E-state index >= 15 is 0 Å². The largest absolute Gasteiger partial charge is 0.390 e. The molecule has 20 heavy (non-hydrogen) atoms. The molecular weight excluding hydrogens is 252 g/mol. The number of ketones is 1. The summed E-state index contributed by atoms with van der Waals surface area (Å²) in [6.45, 7) is 8.83. The molecule has 0 spiro atoms. The first-order valence-electron chi connectivity index (χ1n) is 8.11. The molecule has 116 valence electrons. The minimum Gasteiger partial charge on any atom is -0.390 e. The zero-order valence-corrected chi connectivity index (χ0v) is 13.4. The van der Waals surface area contributed by atoms with Crippen molar-refractivity contribution < 1.29 is 14.6 Å². The number of rotatable bonds is 5. The normalized spacial score (nSPS) is 36.0. The van der Waals surface area contributed by atoms with Crippen LogP contribution in [0.3, 0.4) is 0 Å². The fraction of sp³-hybridized carbons (Fsp3) is 0.941. The molecule has 1 saturated heterocycles. The first-order chi connectivity index (χ1) is 9.24. The molecule has 0 aromatic heterocycles. The molecule has 0 amide bonds. The van der Waals surface area contributed by atoms with E-state index in [1.807, 2.05) is 13.8 Å². The summed E-state index contributed by atoms with van der Waals surface area (Å²) in [6, 6.07) is 0. The molecule has 0 aromatic carbocycles. The van der Waals surface area contributed by atoms with Crippen LogP contribution in [-0.2, 0) is 9.53 Å². The van der Waals surface area contributed by atoms with Gasteiger partial charge in [-0.1, -0.05) is 20.3 Å². The Kier molecular flexibility index (Phi) is 4.60. The van der Waals surface area contributed by atoms with Gasteiger partial charge >= 0.3 is 0 Å². The van der Waals surface area contributed by atoms with Crippen molar-refractivity contribution >= 4 is 5.78 Å². The SMILES string of the molecule is C[C@H](CCCC(C)(C)O)C1OC[C@H]2C(=O)CCC[C@]12C. The molecule has 3 heteroatoms. The summed E-state index contributed by atoms with van der Waals surface area (Å²) in [5, 5.41) is 9.79. The lowest BCUT2D eigenvalue weighted by molar-refractivity contribution is -0.128. The van der Waals surface area contributed by atoms with Gasteiger partial charge in [0.15, 0.2) is 0 Å². The van der Waals surface area contributed by atoms with Gasteiger partial charge in [-0.3, -0.25) is 4.79 Å². The van der Waals surface area contributed by atoms with Crippen LogP contribution in [0.15, 0.2) is 0 Å². The zero-order chi connectivity index (χ0) is 15.0. The molecule has 2 fully saturated rings. The lowest BCUT2D eigenvalue weighted by Crippen LogP contribution is -2.43. The molecule has 0 bridgehead atoms. The predicted octanol–water partition coefficient (Wildman–Crippen LogP) is 3.34. The summed E-state index contributed by atoms with van der Waals surface area (Å²) in [5.74, 6) is 0.987. The Morgan fingerprint density at radius 1 is 1.50 bits per heavy atom. The fourth-order valence-corrected chi connectivity index (χ4v) is 4.20. The van der Waals surface area contributed by atoms with Crippen LogP contribution < -0.4 is 0 Å². The maximum Gasteiger partial charge on any atom is 0.138 e. The maximum atomic E-state index is 12.1. The standard InChI is InChI=1S/C17H30O3/c1-12(7-5-9-16(2,3)19)15-17(4)10-6-8-14(18)13(17)11-20-15/h12-13,15,19H,5-11H2,1-4H3/t12-,13+,15?,17+/m1/s1. The van der Waals surface area contributed by atoms with E-state index in [1.165, 1.54) is 0 Å². The van der Waals surface area contributed by atoms with Crippen LogP contribution >= 0.6 is 0 Å². The number of hydrogen-bond donors (Lipinski definition) is 1. The minimum absolute atomic E-state index is 0.0451. The van der Waals surface area contributed by atoms with Crippen LogP contribution in [0.5, 0.6) is 0 Å². The molecule has 4 atom stereocenters. The van der Waals surface area contributed by atoms with Crippen molar-refractivity contribution in [1.29, 1.82) is 0 Å². The highest BCUT2D eigenvalue weighted by Crippen LogP contribution is 2.50. The highest BCUT2D eigenvalue weighted by atomic mass is 16.5. The Labute approximate surface area is 123 Å². The Hall–Kier alpha value is -0.410. The minimum atomic E-state index is -0.580. The second-order valence-corrected chi connectivity index (χ2v) is 7.81. The van der Waals surface area contributed by atoms with Crippen molar-refractivity contribution in [2.75, 3.05) is 6.61 Å². The number of fused-ring (bicyclic) bond motifs is 1. The van der Waals surface area contributed by atoms with Gasteiger partial charge in [0.1, 0.15) is 5.78 Å². The second-order valence-electron chi connectivity index (χ2n) is 7.81. The van der Waals surface area contributed by atoms with Crippen LogP contribution in [-0.4, -0.2) is 29.2 Å². The third-order valence-corrected chi connectivity index (χ3v) is 5.38. The number of carbonyl (C=O) groups excluding carboxylic acids is 1. The quantitative estimate of drug-likeness (QED) is 0.841. The highest BCUT2D eigenvalue weighted by molar-refractivity contribution is 5.83. The van der Waals surface area contributed by atoms with E-state index in [0.717, 1.165) is 38.5 Å². The molecule has 1 aliphatic heterocycles. The summed E-state index contributed by atoms with van der Waals surface area (Å²) < 4.78 is 6.03. The van der Waals surface area contributed by atoms with Crippen LogP contribution in [0.2, 0.25) is 0 Å². The van der Waals surface area contributed by atoms with Gasteiger partial charge in [0.25, 0.3) is 0 Å². The van der Waals surface area contributed by atoms with Crippen molar-refractivity contribution in [1.82, 2.24) is 0 Å². The number of hydrogen-bond acceptors (Lipinski definition) is 3. The molecular formula is C17H30O3. The molecule has 2 rings (SSSR count). The average Bonchev–Trinajstić information content (AvgIpc) is 2.66. The van der Waals surface area contributed by atoms with E-state index in [2.05, 4.69) is 13.8 Å². The van der Waals surface area contributed by atoms with Crippen molar-refractivity contribution in [2.45, 2.75) is 77.9 Å². The van der Waals surface area contributed by atoms with Crippen LogP contribution in [0.25, 0.3) is 0 Å². The van der Waals surface area contributed by atoms with Crippen molar-refractivity contribution in [2.24, 2.45) is 17.3 Å². The van der Waals surface area contributed by atoms with Gasteiger partial charge in [-0.2, -0.15) is 0 Å². The Morgan fingerprint density at radius 3 is 2.85 bits per heavy atom. The first-order valence-corrected chi connectivity index (χ1v) is 8.11. The van der Waals surface area contributed by atoms with Gasteiger partial charge in [-0.05, 0) is 45.4 Å². The summed E-state index contributed by atoms with van der Waals surface area (Å²) in [5.41, 5.74) is -0.535. The number of carbonyl (C=O) groups is 1. The van der Waals surface area contributed by atoms with Crippen LogP contribution in [0, 0.1) is 17.3 Å². The lowest BCUT2D eigenvalue weighted by Gasteiger charge is -2.40. The number of ether oxygens (including phenoxy) is 1. The molecule has 1 heterocycles. The Balaban J connectivity index is 1.93. The predicted molar refractivity (Wildman–Crippen MR) is 79.5 cm³/mol. The van der Waals surface area contributed by atoms with E-state index in [4.69, 9.17) is 4.74 Å². The Bertz CT molecular complexity index is 358. The summed E-state index contributed by atoms with van der Waals surface area (Å²) in [6.07, 6.45) is 5.97. The summed E-state index contributed by atoms with van der Waals surface area (Å²) >= 11 is 0. The maximum absolute atomic E-state index is 12.1. The molecule has 3 nitrogen and oxygen atoms in total. The molecule has 2 aliphatic rings. The summed E-state index contributed by atoms with van der Waals surface area (Å²) in [7, 11) is 0. The molecule has 1 unspecified atom stereocenters. The smallest absolute Gasteiger partial charge is 0.138 e. The van der Waals surface area contributed by atoms with Gasteiger partial charge in [-0.15, -0.1) is 0 Å². The number of aliphatic hydroxyl groups is 1. The van der Waals surface area contributed by atoms with E-state index in [0.29, 0.717) is 18.3 Å². The van der Waals surface area contributed by atoms with Gasteiger partial charge in [0.2, 0.25) is 0 Å². The van der Waals surface area contributed by atoms with Crippen LogP contribution in [0.4, 0.5) is 0 Å². The van der Waals surface area contributed by atoms with Gasteiger partial charge < -0.3 is 9.84 Å². The Morgan fingerprint density at radius 2 is 2.20 bits per heavy atom. The van der Waals surface area contributed by atoms with Crippen molar-refractivity contribution in [3.05, 3.63) is 0 Å². The zero-order valence-electron chi connectivity index (χ0n) is 13.4. The molecule has 1 N–H and O–H groups in total. The third kappa shape index (κ3) is 3.25. The third-order valence-electron chi connectivity index (χ3n) is 5.38. The van der Waals surface area contributed by atoms with E-state index in [1.54, 1.807) is 0 Å².